The molecule has 0 amide bonds. The molecule has 2 aliphatic rings. The Labute approximate surface area is 140 Å². The van der Waals surface area contributed by atoms with Crippen LogP contribution in [0.2, 0.25) is 0 Å². The van der Waals surface area contributed by atoms with Crippen LogP contribution in [0.4, 0.5) is 4.39 Å². The van der Waals surface area contributed by atoms with Crippen LogP contribution in [0, 0.1) is 0 Å². The number of hydrogen-bond donors (Lipinski definition) is 2. The molecule has 1 unspecified atom stereocenters. The van der Waals surface area contributed by atoms with Gasteiger partial charge in [0.2, 0.25) is 5.91 Å². The maximum atomic E-state index is 15.4. The molecule has 0 aromatic heterocycles. The van der Waals surface area contributed by atoms with Crippen molar-refractivity contribution < 1.29 is 42.4 Å². The van der Waals surface area contributed by atoms with Gasteiger partial charge in [-0.3, -0.25) is 4.57 Å². The zero-order chi connectivity index (χ0) is 18.2. The van der Waals surface area contributed by atoms with Crippen molar-refractivity contribution in [2.24, 2.45) is 0 Å². The van der Waals surface area contributed by atoms with Crippen molar-refractivity contribution in [3.05, 3.63) is 0 Å². The molecule has 0 aromatic rings. The summed E-state index contributed by atoms with van der Waals surface area (Å²) < 4.78 is 55.1. The normalized spacial score (nSPS) is 37.2. The van der Waals surface area contributed by atoms with Crippen LogP contribution in [0.3, 0.4) is 0 Å². The zero-order valence-electron chi connectivity index (χ0n) is 14.3. The van der Waals surface area contributed by atoms with Gasteiger partial charge in [-0.2, -0.15) is 0 Å². The monoisotopic (exact) mass is 372 g/mol. The van der Waals surface area contributed by atoms with Gasteiger partial charge in [-0.15, -0.1) is 0 Å². The van der Waals surface area contributed by atoms with Gasteiger partial charge in [0.1, 0.15) is 18.3 Å². The Balaban J connectivity index is 2.41. The van der Waals surface area contributed by atoms with Crippen LogP contribution in [-0.2, 0) is 27.8 Å². The summed E-state index contributed by atoms with van der Waals surface area (Å²) in [4.78, 5) is 0. The van der Waals surface area contributed by atoms with Gasteiger partial charge in [-0.1, -0.05) is 0 Å². The molecule has 0 aromatic carbocycles. The molecule has 0 aliphatic carbocycles. The highest BCUT2D eigenvalue weighted by Gasteiger charge is 2.68. The summed E-state index contributed by atoms with van der Waals surface area (Å²) in [7, 11) is -4.21. The summed E-state index contributed by atoms with van der Waals surface area (Å²) in [5, 5.41) is 19.7. The molecular weight excluding hydrogens is 346 g/mol. The SMILES string of the molecule is CCOP(=O)(OCC)C(F)[C@]12COC(C)(C)O[C@H]1[C@H](O)[C@@H](CO)O2. The van der Waals surface area contributed by atoms with Gasteiger partial charge in [-0.25, -0.2) is 4.39 Å². The first-order valence-corrected chi connectivity index (χ1v) is 9.58. The molecule has 2 rings (SSSR count). The molecule has 10 heteroatoms. The fourth-order valence-electron chi connectivity index (χ4n) is 3.02. The molecule has 5 atom stereocenters. The lowest BCUT2D eigenvalue weighted by Crippen LogP contribution is -2.62. The molecule has 2 heterocycles. The van der Waals surface area contributed by atoms with Crippen molar-refractivity contribution >= 4 is 7.60 Å². The number of rotatable bonds is 7. The Morgan fingerprint density at radius 2 is 1.88 bits per heavy atom. The molecule has 24 heavy (non-hydrogen) atoms. The number of fused-ring (bicyclic) bond motifs is 1. The van der Waals surface area contributed by atoms with E-state index in [0.717, 1.165) is 0 Å². The van der Waals surface area contributed by atoms with Crippen molar-refractivity contribution in [1.29, 1.82) is 0 Å². The summed E-state index contributed by atoms with van der Waals surface area (Å²) in [5.41, 5.74) is -1.90. The summed E-state index contributed by atoms with van der Waals surface area (Å²) >= 11 is 0. The highest BCUT2D eigenvalue weighted by Crippen LogP contribution is 2.61. The number of aliphatic hydroxyl groups is 2. The first-order chi connectivity index (χ1) is 11.2. The standard InChI is InChI=1S/C14H26FO8P/c1-5-20-24(18,21-6-2)12(15)14-8-19-13(3,4)23-11(14)10(17)9(7-16)22-14/h9-12,16-17H,5-8H2,1-4H3/t9-,10-,11+,12?,14+/m1/s1. The Bertz CT molecular complexity index is 479. The number of alkyl halides is 1. The van der Waals surface area contributed by atoms with Crippen molar-refractivity contribution in [2.75, 3.05) is 26.4 Å². The van der Waals surface area contributed by atoms with Crippen LogP contribution in [0.5, 0.6) is 0 Å². The maximum absolute atomic E-state index is 15.4. The molecule has 0 radical (unpaired) electrons. The molecule has 0 bridgehead atoms. The van der Waals surface area contributed by atoms with E-state index >= 15 is 4.39 Å². The van der Waals surface area contributed by atoms with Crippen molar-refractivity contribution in [3.8, 4) is 0 Å². The minimum absolute atomic E-state index is 0.0301. The third-order valence-corrected chi connectivity index (χ3v) is 6.31. The minimum atomic E-state index is -4.21. The molecule has 2 N–H and O–H groups in total. The Kier molecular flexibility index (Phi) is 6.10. The number of hydrogen-bond acceptors (Lipinski definition) is 8. The lowest BCUT2D eigenvalue weighted by Gasteiger charge is -2.47. The quantitative estimate of drug-likeness (QED) is 0.643. The second-order valence-corrected chi connectivity index (χ2v) is 8.27. The molecule has 2 aliphatic heterocycles. The molecule has 2 fully saturated rings. The Morgan fingerprint density at radius 1 is 1.29 bits per heavy atom. The largest absolute Gasteiger partial charge is 0.394 e. The van der Waals surface area contributed by atoms with Crippen LogP contribution in [-0.4, -0.2) is 72.3 Å². The molecule has 0 spiro atoms. The van der Waals surface area contributed by atoms with Crippen LogP contribution in [0.15, 0.2) is 0 Å². The van der Waals surface area contributed by atoms with Crippen LogP contribution < -0.4 is 0 Å². The number of ether oxygens (including phenoxy) is 3. The minimum Gasteiger partial charge on any atom is -0.394 e. The second-order valence-electron chi connectivity index (χ2n) is 6.22. The molecule has 0 saturated carbocycles. The second kappa shape index (κ2) is 7.25. The van der Waals surface area contributed by atoms with E-state index in [1.807, 2.05) is 0 Å². The summed E-state index contributed by atoms with van der Waals surface area (Å²) in [6.45, 7) is 5.39. The predicted molar refractivity (Wildman–Crippen MR) is 81.4 cm³/mol. The highest BCUT2D eigenvalue weighted by molar-refractivity contribution is 7.54. The summed E-state index contributed by atoms with van der Waals surface area (Å²) in [5.74, 6) is -3.35. The maximum Gasteiger partial charge on any atom is 0.367 e. The first kappa shape index (κ1) is 20.2. The van der Waals surface area contributed by atoms with Crippen molar-refractivity contribution in [3.63, 3.8) is 0 Å². The van der Waals surface area contributed by atoms with Gasteiger partial charge in [0, 0.05) is 0 Å². The molecule has 142 valence electrons. The van der Waals surface area contributed by atoms with E-state index in [1.54, 1.807) is 27.7 Å². The highest BCUT2D eigenvalue weighted by atomic mass is 31.2. The van der Waals surface area contributed by atoms with E-state index in [4.69, 9.17) is 23.3 Å². The summed E-state index contributed by atoms with van der Waals surface area (Å²) in [6, 6.07) is 0. The smallest absolute Gasteiger partial charge is 0.367 e. The van der Waals surface area contributed by atoms with Gasteiger partial charge in [0.05, 0.1) is 26.4 Å². The third kappa shape index (κ3) is 3.41. The number of aliphatic hydroxyl groups excluding tert-OH is 2. The van der Waals surface area contributed by atoms with Gasteiger partial charge in [0.15, 0.2) is 11.4 Å². The van der Waals surface area contributed by atoms with Crippen LogP contribution in [0.25, 0.3) is 0 Å². The average Bonchev–Trinajstić information content (AvgIpc) is 2.79. The van der Waals surface area contributed by atoms with E-state index < -0.39 is 49.8 Å². The molecular formula is C14H26FO8P. The molecule has 2 saturated heterocycles. The first-order valence-electron chi connectivity index (χ1n) is 7.97. The van der Waals surface area contributed by atoms with Crippen LogP contribution >= 0.6 is 7.60 Å². The van der Waals surface area contributed by atoms with E-state index in [2.05, 4.69) is 0 Å². The fourth-order valence-corrected chi connectivity index (χ4v) is 4.89. The average molecular weight is 372 g/mol. The zero-order valence-corrected chi connectivity index (χ0v) is 15.2. The van der Waals surface area contributed by atoms with E-state index in [0.29, 0.717) is 0 Å². The topological polar surface area (TPSA) is 104 Å². The van der Waals surface area contributed by atoms with Crippen molar-refractivity contribution in [1.82, 2.24) is 0 Å². The number of halogens is 1. The molecule has 8 nitrogen and oxygen atoms in total. The lowest BCUT2D eigenvalue weighted by atomic mass is 9.94. The Hall–Kier alpha value is -0.120. The van der Waals surface area contributed by atoms with Gasteiger partial charge >= 0.3 is 7.60 Å². The van der Waals surface area contributed by atoms with Crippen molar-refractivity contribution in [2.45, 2.75) is 63.3 Å². The van der Waals surface area contributed by atoms with Crippen LogP contribution in [0.1, 0.15) is 27.7 Å². The Morgan fingerprint density at radius 3 is 2.38 bits per heavy atom. The van der Waals surface area contributed by atoms with Gasteiger partial charge in [-0.05, 0) is 27.7 Å². The lowest BCUT2D eigenvalue weighted by molar-refractivity contribution is -0.333. The summed E-state index contributed by atoms with van der Waals surface area (Å²) in [6.07, 6.45) is -3.60. The third-order valence-electron chi connectivity index (χ3n) is 4.08. The fraction of sp³-hybridized carbons (Fsp3) is 1.00. The predicted octanol–water partition coefficient (Wildman–Crippen LogP) is 1.19. The van der Waals surface area contributed by atoms with Gasteiger partial charge < -0.3 is 33.5 Å². The van der Waals surface area contributed by atoms with E-state index in [9.17, 15) is 14.8 Å². The van der Waals surface area contributed by atoms with Gasteiger partial charge in [0.25, 0.3) is 0 Å². The van der Waals surface area contributed by atoms with E-state index in [-0.39, 0.29) is 19.8 Å². The van der Waals surface area contributed by atoms with E-state index in [1.165, 1.54) is 0 Å².